The lowest BCUT2D eigenvalue weighted by molar-refractivity contribution is -0.120. The topological polar surface area (TPSA) is 61.4 Å². The lowest BCUT2D eigenvalue weighted by atomic mass is 9.97. The number of nitrogens with one attached hydrogen (secondary N) is 2. The minimum atomic E-state index is -0.0171. The number of nitrogens with zero attached hydrogens (tertiary/aromatic N) is 1. The molecule has 0 radical (unpaired) electrons. The Morgan fingerprint density at radius 3 is 2.35 bits per heavy atom. The average molecular weight is 275 g/mol. The molecule has 1 aromatic rings. The lowest BCUT2D eigenvalue weighted by Gasteiger charge is -2.22. The molecule has 5 heteroatoms. The number of hydrogen-bond donors (Lipinski definition) is 2. The molecule has 1 saturated heterocycles. The van der Waals surface area contributed by atoms with Gasteiger partial charge in [-0.15, -0.1) is 0 Å². The molecular weight excluding hydrogens is 254 g/mol. The zero-order valence-electron chi connectivity index (χ0n) is 12.0. The summed E-state index contributed by atoms with van der Waals surface area (Å²) in [6.45, 7) is 3.33. The lowest BCUT2D eigenvalue weighted by Crippen LogP contribution is -2.34. The third-order valence-corrected chi connectivity index (χ3v) is 3.70. The number of hydrogen-bond acceptors (Lipinski definition) is 3. The molecule has 1 aliphatic heterocycles. The van der Waals surface area contributed by atoms with Crippen LogP contribution in [0.15, 0.2) is 24.3 Å². The van der Waals surface area contributed by atoms with Crippen LogP contribution < -0.4 is 15.5 Å². The normalized spacial score (nSPS) is 15.7. The van der Waals surface area contributed by atoms with Crippen LogP contribution in [0.1, 0.15) is 19.8 Å². The number of piperidine rings is 1. The van der Waals surface area contributed by atoms with Gasteiger partial charge in [0.15, 0.2) is 0 Å². The van der Waals surface area contributed by atoms with Gasteiger partial charge in [0, 0.05) is 31.3 Å². The second-order valence-electron chi connectivity index (χ2n) is 5.14. The van der Waals surface area contributed by atoms with Crippen molar-refractivity contribution in [1.82, 2.24) is 5.32 Å². The van der Waals surface area contributed by atoms with E-state index in [4.69, 9.17) is 0 Å². The fourth-order valence-corrected chi connectivity index (χ4v) is 2.28. The molecule has 1 fully saturated rings. The summed E-state index contributed by atoms with van der Waals surface area (Å²) < 4.78 is 0. The zero-order chi connectivity index (χ0) is 14.5. The molecule has 20 heavy (non-hydrogen) atoms. The summed E-state index contributed by atoms with van der Waals surface area (Å²) >= 11 is 0. The summed E-state index contributed by atoms with van der Waals surface area (Å²) in [5.41, 5.74) is 1.59. The molecule has 0 unspecified atom stereocenters. The third kappa shape index (κ3) is 3.57. The van der Waals surface area contributed by atoms with Gasteiger partial charge >= 0.3 is 0 Å². The predicted octanol–water partition coefficient (Wildman–Crippen LogP) is 1.61. The fraction of sp³-hybridized carbons (Fsp3) is 0.467. The Bertz CT molecular complexity index is 478. The van der Waals surface area contributed by atoms with E-state index in [0.717, 1.165) is 37.3 Å². The van der Waals surface area contributed by atoms with Crippen LogP contribution in [-0.4, -0.2) is 32.0 Å². The van der Waals surface area contributed by atoms with Gasteiger partial charge in [-0.05, 0) is 50.2 Å². The second-order valence-corrected chi connectivity index (χ2v) is 5.14. The maximum Gasteiger partial charge on any atom is 0.227 e. The highest BCUT2D eigenvalue weighted by Crippen LogP contribution is 2.19. The summed E-state index contributed by atoms with van der Waals surface area (Å²) in [5, 5.41) is 6.18. The molecule has 1 aromatic carbocycles. The highest BCUT2D eigenvalue weighted by Gasteiger charge is 2.20. The maximum absolute atomic E-state index is 12.1. The van der Waals surface area contributed by atoms with Gasteiger partial charge in [0.1, 0.15) is 0 Å². The van der Waals surface area contributed by atoms with Crippen LogP contribution in [0.3, 0.4) is 0 Å². The van der Waals surface area contributed by atoms with Crippen molar-refractivity contribution >= 4 is 23.2 Å². The minimum Gasteiger partial charge on any atom is -0.326 e. The Labute approximate surface area is 119 Å². The number of carbonyl (C=O) groups excluding carboxylic acids is 2. The van der Waals surface area contributed by atoms with Crippen molar-refractivity contribution in [2.75, 3.05) is 30.4 Å². The molecular formula is C15H21N3O2. The average Bonchev–Trinajstić information content (AvgIpc) is 2.48. The van der Waals surface area contributed by atoms with Crippen molar-refractivity contribution in [2.24, 2.45) is 5.92 Å². The molecule has 2 rings (SSSR count). The van der Waals surface area contributed by atoms with Crippen molar-refractivity contribution in [2.45, 2.75) is 19.8 Å². The first-order valence-corrected chi connectivity index (χ1v) is 6.94. The maximum atomic E-state index is 12.1. The number of benzene rings is 1. The first kappa shape index (κ1) is 14.5. The SMILES string of the molecule is CC(=O)N(C)c1ccc(NC(=O)C2CCNCC2)cc1. The van der Waals surface area contributed by atoms with Crippen LogP contribution in [0.5, 0.6) is 0 Å². The van der Waals surface area contributed by atoms with Gasteiger partial charge in [0.25, 0.3) is 0 Å². The molecule has 0 aromatic heterocycles. The molecule has 0 saturated carbocycles. The summed E-state index contributed by atoms with van der Waals surface area (Å²) in [5.74, 6) is 0.159. The molecule has 1 heterocycles. The predicted molar refractivity (Wildman–Crippen MR) is 79.7 cm³/mol. The zero-order valence-corrected chi connectivity index (χ0v) is 12.0. The highest BCUT2D eigenvalue weighted by atomic mass is 16.2. The van der Waals surface area contributed by atoms with Crippen molar-refractivity contribution in [3.05, 3.63) is 24.3 Å². The third-order valence-electron chi connectivity index (χ3n) is 3.70. The van der Waals surface area contributed by atoms with Crippen LogP contribution in [0.4, 0.5) is 11.4 Å². The van der Waals surface area contributed by atoms with Gasteiger partial charge in [-0.3, -0.25) is 9.59 Å². The Balaban J connectivity index is 1.96. The molecule has 1 aliphatic rings. The smallest absolute Gasteiger partial charge is 0.227 e. The molecule has 108 valence electrons. The molecule has 0 spiro atoms. The van der Waals surface area contributed by atoms with Crippen molar-refractivity contribution in [3.8, 4) is 0 Å². The van der Waals surface area contributed by atoms with E-state index >= 15 is 0 Å². The number of anilines is 2. The van der Waals surface area contributed by atoms with E-state index in [1.807, 2.05) is 24.3 Å². The van der Waals surface area contributed by atoms with E-state index in [2.05, 4.69) is 10.6 Å². The summed E-state index contributed by atoms with van der Waals surface area (Å²) in [6.07, 6.45) is 1.77. The van der Waals surface area contributed by atoms with Crippen molar-refractivity contribution < 1.29 is 9.59 Å². The standard InChI is InChI=1S/C15H21N3O2/c1-11(19)18(2)14-5-3-13(4-6-14)17-15(20)12-7-9-16-10-8-12/h3-6,12,16H,7-10H2,1-2H3,(H,17,20). The van der Waals surface area contributed by atoms with Crippen LogP contribution in [0.2, 0.25) is 0 Å². The highest BCUT2D eigenvalue weighted by molar-refractivity contribution is 5.94. The van der Waals surface area contributed by atoms with Gasteiger partial charge < -0.3 is 15.5 Å². The van der Waals surface area contributed by atoms with Crippen LogP contribution in [-0.2, 0) is 9.59 Å². The molecule has 0 bridgehead atoms. The van der Waals surface area contributed by atoms with E-state index in [9.17, 15) is 9.59 Å². The van der Waals surface area contributed by atoms with Crippen LogP contribution in [0, 0.1) is 5.92 Å². The molecule has 0 atom stereocenters. The van der Waals surface area contributed by atoms with Gasteiger partial charge in [0.2, 0.25) is 11.8 Å². The van der Waals surface area contributed by atoms with Crippen LogP contribution in [0.25, 0.3) is 0 Å². The van der Waals surface area contributed by atoms with E-state index in [1.54, 1.807) is 11.9 Å². The monoisotopic (exact) mass is 275 g/mol. The van der Waals surface area contributed by atoms with Crippen molar-refractivity contribution in [3.63, 3.8) is 0 Å². The van der Waals surface area contributed by atoms with Gasteiger partial charge in [-0.1, -0.05) is 0 Å². The summed E-state index contributed by atoms with van der Waals surface area (Å²) in [6, 6.07) is 7.32. The first-order valence-electron chi connectivity index (χ1n) is 6.94. The van der Waals surface area contributed by atoms with E-state index < -0.39 is 0 Å². The van der Waals surface area contributed by atoms with Crippen molar-refractivity contribution in [1.29, 1.82) is 0 Å². The number of rotatable bonds is 3. The minimum absolute atomic E-state index is 0.0171. The summed E-state index contributed by atoms with van der Waals surface area (Å²) in [4.78, 5) is 24.9. The van der Waals surface area contributed by atoms with E-state index in [0.29, 0.717) is 0 Å². The van der Waals surface area contributed by atoms with Crippen LogP contribution >= 0.6 is 0 Å². The molecule has 5 nitrogen and oxygen atoms in total. The number of amides is 2. The van der Waals surface area contributed by atoms with Gasteiger partial charge in [-0.2, -0.15) is 0 Å². The Kier molecular flexibility index (Phi) is 4.74. The Hall–Kier alpha value is -1.88. The van der Waals surface area contributed by atoms with E-state index in [1.165, 1.54) is 6.92 Å². The largest absolute Gasteiger partial charge is 0.326 e. The summed E-state index contributed by atoms with van der Waals surface area (Å²) in [7, 11) is 1.73. The Morgan fingerprint density at radius 2 is 1.80 bits per heavy atom. The molecule has 2 amide bonds. The second kappa shape index (κ2) is 6.52. The van der Waals surface area contributed by atoms with Gasteiger partial charge in [0.05, 0.1) is 0 Å². The first-order chi connectivity index (χ1) is 9.58. The Morgan fingerprint density at radius 1 is 1.20 bits per heavy atom. The quantitative estimate of drug-likeness (QED) is 0.881. The van der Waals surface area contributed by atoms with E-state index in [-0.39, 0.29) is 17.7 Å². The number of carbonyl (C=O) groups is 2. The molecule has 2 N–H and O–H groups in total. The molecule has 0 aliphatic carbocycles. The van der Waals surface area contributed by atoms with Gasteiger partial charge in [-0.25, -0.2) is 0 Å². The fourth-order valence-electron chi connectivity index (χ4n) is 2.28.